The Hall–Kier alpha value is -0.390. The van der Waals surface area contributed by atoms with Gasteiger partial charge < -0.3 is 10.8 Å². The summed E-state index contributed by atoms with van der Waals surface area (Å²) in [6.45, 7) is 2.40. The van der Waals surface area contributed by atoms with E-state index in [0.29, 0.717) is 11.6 Å². The van der Waals surface area contributed by atoms with Gasteiger partial charge in [0.15, 0.2) is 0 Å². The highest BCUT2D eigenvalue weighted by atomic mass is 79.9. The van der Waals surface area contributed by atoms with Gasteiger partial charge in [-0.2, -0.15) is 0 Å². The predicted octanol–water partition coefficient (Wildman–Crippen LogP) is 4.25. The van der Waals surface area contributed by atoms with Crippen LogP contribution >= 0.6 is 38.9 Å². The molecule has 102 valence electrons. The van der Waals surface area contributed by atoms with Gasteiger partial charge in [-0.3, -0.25) is 0 Å². The van der Waals surface area contributed by atoms with Crippen LogP contribution < -0.4 is 5.73 Å². The highest BCUT2D eigenvalue weighted by molar-refractivity contribution is 9.11. The molecule has 1 aromatic carbocycles. The van der Waals surface area contributed by atoms with Crippen LogP contribution in [0.1, 0.15) is 28.0 Å². The van der Waals surface area contributed by atoms with Crippen LogP contribution in [0.2, 0.25) is 5.02 Å². The summed E-state index contributed by atoms with van der Waals surface area (Å²) in [4.78, 5) is 0.926. The maximum absolute atomic E-state index is 10.5. The van der Waals surface area contributed by atoms with E-state index in [4.69, 9.17) is 17.3 Å². The van der Waals surface area contributed by atoms with Crippen molar-refractivity contribution in [2.45, 2.75) is 18.9 Å². The lowest BCUT2D eigenvalue weighted by Gasteiger charge is -2.21. The van der Waals surface area contributed by atoms with Crippen LogP contribution in [0.4, 0.5) is 0 Å². The summed E-state index contributed by atoms with van der Waals surface area (Å²) in [5, 5.41) is 11.2. The molecule has 0 saturated carbocycles. The van der Waals surface area contributed by atoms with Crippen LogP contribution in [-0.4, -0.2) is 11.7 Å². The second-order valence-corrected chi connectivity index (χ2v) is 7.28. The zero-order valence-electron chi connectivity index (χ0n) is 10.4. The number of benzene rings is 1. The van der Waals surface area contributed by atoms with Crippen molar-refractivity contribution >= 4 is 38.9 Å². The van der Waals surface area contributed by atoms with E-state index >= 15 is 0 Å². The topological polar surface area (TPSA) is 46.2 Å². The Labute approximate surface area is 130 Å². The first-order chi connectivity index (χ1) is 9.02. The number of rotatable bonds is 4. The summed E-state index contributed by atoms with van der Waals surface area (Å²) in [6, 6.07) is 9.47. The third kappa shape index (κ3) is 3.38. The Bertz CT molecular complexity index is 536. The number of hydrogen-bond donors (Lipinski definition) is 2. The van der Waals surface area contributed by atoms with Gasteiger partial charge >= 0.3 is 0 Å². The first-order valence-corrected chi connectivity index (χ1v) is 7.91. The monoisotopic (exact) mass is 359 g/mol. The Morgan fingerprint density at radius 1 is 1.37 bits per heavy atom. The number of aryl methyl sites for hydroxylation is 1. The maximum atomic E-state index is 10.5. The summed E-state index contributed by atoms with van der Waals surface area (Å²) in [5.41, 5.74) is 7.96. The van der Waals surface area contributed by atoms with Crippen molar-refractivity contribution in [3.8, 4) is 0 Å². The molecule has 0 bridgehead atoms. The normalized spacial score (nSPS) is 14.4. The molecule has 3 N–H and O–H groups in total. The van der Waals surface area contributed by atoms with Crippen LogP contribution in [0.5, 0.6) is 0 Å². The largest absolute Gasteiger partial charge is 0.387 e. The zero-order valence-corrected chi connectivity index (χ0v) is 13.6. The Morgan fingerprint density at radius 2 is 2.00 bits per heavy atom. The van der Waals surface area contributed by atoms with Gasteiger partial charge in [0.25, 0.3) is 0 Å². The first-order valence-electron chi connectivity index (χ1n) is 5.92. The molecule has 0 aliphatic heterocycles. The van der Waals surface area contributed by atoms with Crippen molar-refractivity contribution in [2.24, 2.45) is 5.73 Å². The zero-order chi connectivity index (χ0) is 14.0. The lowest BCUT2D eigenvalue weighted by atomic mass is 9.92. The number of aliphatic hydroxyl groups is 1. The Kier molecular flexibility index (Phi) is 5.03. The average molecular weight is 361 g/mol. The van der Waals surface area contributed by atoms with Crippen molar-refractivity contribution in [1.29, 1.82) is 0 Å². The number of halogens is 2. The molecule has 1 heterocycles. The lowest BCUT2D eigenvalue weighted by molar-refractivity contribution is 0.151. The molecule has 0 aliphatic rings. The molecule has 0 amide bonds. The third-order valence-corrected chi connectivity index (χ3v) is 5.56. The SMILES string of the molecule is Cc1cc(C(O)C(CN)c2ccc(Cl)cc2)sc1Br. The first kappa shape index (κ1) is 15.0. The van der Waals surface area contributed by atoms with Crippen molar-refractivity contribution in [3.05, 3.63) is 55.1 Å². The molecule has 2 atom stereocenters. The van der Waals surface area contributed by atoms with Crippen LogP contribution in [0.3, 0.4) is 0 Å². The van der Waals surface area contributed by atoms with E-state index in [1.54, 1.807) is 11.3 Å². The molecule has 2 aromatic rings. The fourth-order valence-corrected chi connectivity index (χ4v) is 3.73. The van der Waals surface area contributed by atoms with Crippen LogP contribution in [0, 0.1) is 6.92 Å². The highest BCUT2D eigenvalue weighted by Gasteiger charge is 2.23. The fourth-order valence-electron chi connectivity index (χ4n) is 1.98. The fraction of sp³-hybridized carbons (Fsp3) is 0.286. The van der Waals surface area contributed by atoms with Crippen molar-refractivity contribution < 1.29 is 5.11 Å². The molecule has 0 saturated heterocycles. The van der Waals surface area contributed by atoms with E-state index in [1.165, 1.54) is 0 Å². The van der Waals surface area contributed by atoms with Gasteiger partial charge in [-0.25, -0.2) is 0 Å². The molecule has 2 rings (SSSR count). The van der Waals surface area contributed by atoms with Gasteiger partial charge in [0.2, 0.25) is 0 Å². The molecule has 0 aliphatic carbocycles. The molecular weight excluding hydrogens is 346 g/mol. The summed E-state index contributed by atoms with van der Waals surface area (Å²) < 4.78 is 1.05. The summed E-state index contributed by atoms with van der Waals surface area (Å²) in [5.74, 6) is -0.123. The Balaban J connectivity index is 2.28. The minimum atomic E-state index is -0.596. The van der Waals surface area contributed by atoms with Gasteiger partial charge in [0, 0.05) is 22.4 Å². The van der Waals surface area contributed by atoms with Gasteiger partial charge in [-0.1, -0.05) is 23.7 Å². The van der Waals surface area contributed by atoms with E-state index < -0.39 is 6.10 Å². The van der Waals surface area contributed by atoms with E-state index in [-0.39, 0.29) is 5.92 Å². The van der Waals surface area contributed by atoms with Crippen LogP contribution in [0.15, 0.2) is 34.1 Å². The van der Waals surface area contributed by atoms with Gasteiger partial charge in [-0.15, -0.1) is 11.3 Å². The second-order valence-electron chi connectivity index (χ2n) is 4.44. The van der Waals surface area contributed by atoms with Crippen molar-refractivity contribution in [2.75, 3.05) is 6.54 Å². The maximum Gasteiger partial charge on any atom is 0.0962 e. The van der Waals surface area contributed by atoms with Gasteiger partial charge in [0.05, 0.1) is 9.89 Å². The van der Waals surface area contributed by atoms with Gasteiger partial charge in [-0.05, 0) is 52.2 Å². The molecular formula is C14H15BrClNOS. The summed E-state index contributed by atoms with van der Waals surface area (Å²) >= 11 is 10.9. The predicted molar refractivity (Wildman–Crippen MR) is 85.0 cm³/mol. The second kappa shape index (κ2) is 6.37. The van der Waals surface area contributed by atoms with E-state index in [2.05, 4.69) is 15.9 Å². The molecule has 1 aromatic heterocycles. The number of thiophene rings is 1. The molecule has 19 heavy (non-hydrogen) atoms. The average Bonchev–Trinajstić information content (AvgIpc) is 2.73. The van der Waals surface area contributed by atoms with E-state index in [9.17, 15) is 5.11 Å². The molecule has 2 nitrogen and oxygen atoms in total. The molecule has 0 spiro atoms. The van der Waals surface area contributed by atoms with Crippen molar-refractivity contribution in [3.63, 3.8) is 0 Å². The number of aliphatic hydroxyl groups excluding tert-OH is 1. The minimum Gasteiger partial charge on any atom is -0.387 e. The highest BCUT2D eigenvalue weighted by Crippen LogP contribution is 2.37. The Morgan fingerprint density at radius 3 is 2.47 bits per heavy atom. The standard InChI is InChI=1S/C14H15BrClNOS/c1-8-6-12(19-14(8)15)13(18)11(7-17)9-2-4-10(16)5-3-9/h2-6,11,13,18H,7,17H2,1H3. The molecule has 0 fully saturated rings. The third-order valence-electron chi connectivity index (χ3n) is 3.10. The summed E-state index contributed by atoms with van der Waals surface area (Å²) in [6.07, 6.45) is -0.596. The smallest absolute Gasteiger partial charge is 0.0962 e. The van der Waals surface area contributed by atoms with E-state index in [1.807, 2.05) is 37.3 Å². The summed E-state index contributed by atoms with van der Waals surface area (Å²) in [7, 11) is 0. The molecule has 5 heteroatoms. The molecule has 0 radical (unpaired) electrons. The van der Waals surface area contributed by atoms with Crippen LogP contribution in [-0.2, 0) is 0 Å². The van der Waals surface area contributed by atoms with Crippen molar-refractivity contribution in [1.82, 2.24) is 0 Å². The minimum absolute atomic E-state index is 0.123. The number of hydrogen-bond acceptors (Lipinski definition) is 3. The number of nitrogens with two attached hydrogens (primary N) is 1. The molecule has 2 unspecified atom stereocenters. The van der Waals surface area contributed by atoms with Gasteiger partial charge in [0.1, 0.15) is 0 Å². The van der Waals surface area contributed by atoms with E-state index in [0.717, 1.165) is 19.8 Å². The lowest BCUT2D eigenvalue weighted by Crippen LogP contribution is -2.19. The quantitative estimate of drug-likeness (QED) is 0.856. The van der Waals surface area contributed by atoms with Crippen LogP contribution in [0.25, 0.3) is 0 Å².